The SMILES string of the molecule is COc1ccc(C(C)(C)C2CC2)cc1B(O)O. The summed E-state index contributed by atoms with van der Waals surface area (Å²) in [5.41, 5.74) is 1.68. The molecule has 1 aliphatic rings. The maximum absolute atomic E-state index is 9.36. The Morgan fingerprint density at radius 1 is 1.29 bits per heavy atom. The van der Waals surface area contributed by atoms with Gasteiger partial charge in [0.1, 0.15) is 5.75 Å². The lowest BCUT2D eigenvalue weighted by molar-refractivity contribution is 0.401. The van der Waals surface area contributed by atoms with Crippen molar-refractivity contribution < 1.29 is 14.8 Å². The van der Waals surface area contributed by atoms with E-state index in [2.05, 4.69) is 13.8 Å². The first kappa shape index (κ1) is 12.5. The minimum absolute atomic E-state index is 0.0932. The summed E-state index contributed by atoms with van der Waals surface area (Å²) in [6.45, 7) is 4.42. The molecule has 1 aromatic rings. The fraction of sp³-hybridized carbons (Fsp3) is 0.538. The van der Waals surface area contributed by atoms with Crippen LogP contribution >= 0.6 is 0 Å². The van der Waals surface area contributed by atoms with Crippen molar-refractivity contribution in [2.45, 2.75) is 32.1 Å². The minimum Gasteiger partial charge on any atom is -0.497 e. The molecule has 0 aromatic heterocycles. The number of ether oxygens (including phenoxy) is 1. The molecule has 0 spiro atoms. The predicted octanol–water partition coefficient (Wildman–Crippen LogP) is 1.06. The number of methoxy groups -OCH3 is 1. The second-order valence-electron chi connectivity index (χ2n) is 5.33. The van der Waals surface area contributed by atoms with Gasteiger partial charge in [-0.15, -0.1) is 0 Å². The lowest BCUT2D eigenvalue weighted by Gasteiger charge is -2.26. The van der Waals surface area contributed by atoms with Crippen molar-refractivity contribution in [3.8, 4) is 5.75 Å². The van der Waals surface area contributed by atoms with Crippen LogP contribution in [0.1, 0.15) is 32.3 Å². The quantitative estimate of drug-likeness (QED) is 0.766. The largest absolute Gasteiger partial charge is 0.497 e. The van der Waals surface area contributed by atoms with Crippen LogP contribution in [0.25, 0.3) is 0 Å². The van der Waals surface area contributed by atoms with E-state index in [0.717, 1.165) is 5.56 Å². The Balaban J connectivity index is 2.39. The van der Waals surface area contributed by atoms with Crippen molar-refractivity contribution in [2.24, 2.45) is 5.92 Å². The van der Waals surface area contributed by atoms with Crippen LogP contribution in [-0.2, 0) is 5.41 Å². The molecule has 92 valence electrons. The minimum atomic E-state index is -1.49. The van der Waals surface area contributed by atoms with Gasteiger partial charge in [-0.25, -0.2) is 0 Å². The van der Waals surface area contributed by atoms with Crippen molar-refractivity contribution >= 4 is 12.6 Å². The van der Waals surface area contributed by atoms with E-state index in [1.807, 2.05) is 18.2 Å². The average Bonchev–Trinajstić information content (AvgIpc) is 3.12. The first-order valence-electron chi connectivity index (χ1n) is 6.01. The van der Waals surface area contributed by atoms with E-state index in [0.29, 0.717) is 17.1 Å². The molecule has 1 aliphatic carbocycles. The summed E-state index contributed by atoms with van der Waals surface area (Å²) in [7, 11) is 0.0484. The van der Waals surface area contributed by atoms with Crippen molar-refractivity contribution in [1.82, 2.24) is 0 Å². The highest BCUT2D eigenvalue weighted by molar-refractivity contribution is 6.59. The van der Waals surface area contributed by atoms with Crippen LogP contribution in [0.5, 0.6) is 5.75 Å². The Hall–Kier alpha value is -0.995. The normalized spacial score (nSPS) is 15.8. The number of hydrogen-bond acceptors (Lipinski definition) is 3. The topological polar surface area (TPSA) is 49.7 Å². The van der Waals surface area contributed by atoms with Crippen molar-refractivity contribution in [1.29, 1.82) is 0 Å². The van der Waals surface area contributed by atoms with Crippen molar-refractivity contribution in [3.63, 3.8) is 0 Å². The fourth-order valence-corrected chi connectivity index (χ4v) is 2.38. The van der Waals surface area contributed by atoms with Gasteiger partial charge in [-0.2, -0.15) is 0 Å². The highest BCUT2D eigenvalue weighted by Crippen LogP contribution is 2.46. The van der Waals surface area contributed by atoms with Crippen LogP contribution in [0.15, 0.2) is 18.2 Å². The molecule has 0 amide bonds. The monoisotopic (exact) mass is 234 g/mol. The molecule has 1 saturated carbocycles. The lowest BCUT2D eigenvalue weighted by Crippen LogP contribution is -2.33. The van der Waals surface area contributed by atoms with E-state index in [9.17, 15) is 10.0 Å². The summed E-state index contributed by atoms with van der Waals surface area (Å²) in [6.07, 6.45) is 2.52. The molecule has 0 radical (unpaired) electrons. The lowest BCUT2D eigenvalue weighted by atomic mass is 9.73. The zero-order chi connectivity index (χ0) is 12.6. The molecule has 0 bridgehead atoms. The Bertz CT molecular complexity index is 411. The molecule has 0 aliphatic heterocycles. The van der Waals surface area contributed by atoms with Gasteiger partial charge in [0, 0.05) is 5.46 Å². The summed E-state index contributed by atoms with van der Waals surface area (Å²) in [4.78, 5) is 0. The van der Waals surface area contributed by atoms with Crippen LogP contribution in [-0.4, -0.2) is 24.3 Å². The third kappa shape index (κ3) is 2.33. The van der Waals surface area contributed by atoms with Gasteiger partial charge >= 0.3 is 7.12 Å². The van der Waals surface area contributed by atoms with Crippen LogP contribution in [0.2, 0.25) is 0 Å². The molecular formula is C13H19BO3. The maximum Gasteiger partial charge on any atom is 0.492 e. The standard InChI is InChI=1S/C13H19BO3/c1-13(2,9-4-5-9)10-6-7-12(17-3)11(8-10)14(15)16/h6-9,15-16H,4-5H2,1-3H3. The molecule has 2 N–H and O–H groups in total. The molecule has 4 heteroatoms. The maximum atomic E-state index is 9.36. The average molecular weight is 234 g/mol. The highest BCUT2D eigenvalue weighted by Gasteiger charge is 2.39. The second-order valence-corrected chi connectivity index (χ2v) is 5.33. The second kappa shape index (κ2) is 4.35. The molecule has 0 unspecified atom stereocenters. The molecular weight excluding hydrogens is 215 g/mol. The molecule has 0 atom stereocenters. The van der Waals surface area contributed by atoms with Gasteiger partial charge in [-0.05, 0) is 35.8 Å². The Morgan fingerprint density at radius 2 is 1.94 bits per heavy atom. The van der Waals surface area contributed by atoms with Crippen molar-refractivity contribution in [2.75, 3.05) is 7.11 Å². The van der Waals surface area contributed by atoms with E-state index in [4.69, 9.17) is 4.74 Å². The number of hydrogen-bond donors (Lipinski definition) is 2. The number of rotatable bonds is 4. The van der Waals surface area contributed by atoms with Gasteiger partial charge < -0.3 is 14.8 Å². The van der Waals surface area contributed by atoms with Crippen LogP contribution in [0.3, 0.4) is 0 Å². The Kier molecular flexibility index (Phi) is 3.19. The Morgan fingerprint density at radius 3 is 2.41 bits per heavy atom. The van der Waals surface area contributed by atoms with Gasteiger partial charge in [0.05, 0.1) is 7.11 Å². The summed E-state index contributed by atoms with van der Waals surface area (Å²) in [6, 6.07) is 5.68. The molecule has 3 nitrogen and oxygen atoms in total. The molecule has 1 aromatic carbocycles. The first-order chi connectivity index (χ1) is 7.96. The third-order valence-corrected chi connectivity index (χ3v) is 3.85. The highest BCUT2D eigenvalue weighted by atomic mass is 16.5. The zero-order valence-electron chi connectivity index (χ0n) is 10.6. The van der Waals surface area contributed by atoms with E-state index >= 15 is 0 Å². The molecule has 1 fully saturated rings. The molecule has 0 saturated heterocycles. The number of benzene rings is 1. The van der Waals surface area contributed by atoms with Crippen LogP contribution < -0.4 is 10.2 Å². The van der Waals surface area contributed by atoms with Gasteiger partial charge in [0.2, 0.25) is 0 Å². The summed E-state index contributed by atoms with van der Waals surface area (Å²) >= 11 is 0. The summed E-state index contributed by atoms with van der Waals surface area (Å²) in [5.74, 6) is 1.23. The smallest absolute Gasteiger partial charge is 0.492 e. The fourth-order valence-electron chi connectivity index (χ4n) is 2.38. The molecule has 0 heterocycles. The van der Waals surface area contributed by atoms with E-state index in [1.54, 1.807) is 0 Å². The Labute approximate surface area is 103 Å². The van der Waals surface area contributed by atoms with E-state index in [1.165, 1.54) is 20.0 Å². The molecule has 17 heavy (non-hydrogen) atoms. The third-order valence-electron chi connectivity index (χ3n) is 3.85. The van der Waals surface area contributed by atoms with Crippen LogP contribution in [0, 0.1) is 5.92 Å². The zero-order valence-corrected chi connectivity index (χ0v) is 10.6. The summed E-state index contributed by atoms with van der Waals surface area (Å²) in [5, 5.41) is 18.7. The predicted molar refractivity (Wildman–Crippen MR) is 68.6 cm³/mol. The van der Waals surface area contributed by atoms with Gasteiger partial charge in [-0.1, -0.05) is 26.0 Å². The van der Waals surface area contributed by atoms with Gasteiger partial charge in [-0.3, -0.25) is 0 Å². The molecule has 2 rings (SSSR count). The van der Waals surface area contributed by atoms with E-state index in [-0.39, 0.29) is 5.41 Å². The van der Waals surface area contributed by atoms with Crippen molar-refractivity contribution in [3.05, 3.63) is 23.8 Å². The first-order valence-corrected chi connectivity index (χ1v) is 6.01. The van der Waals surface area contributed by atoms with Crippen LogP contribution in [0.4, 0.5) is 0 Å². The van der Waals surface area contributed by atoms with Gasteiger partial charge in [0.25, 0.3) is 0 Å². The summed E-state index contributed by atoms with van der Waals surface area (Å²) < 4.78 is 5.13. The van der Waals surface area contributed by atoms with E-state index < -0.39 is 7.12 Å². The van der Waals surface area contributed by atoms with Gasteiger partial charge in [0.15, 0.2) is 0 Å².